The van der Waals surface area contributed by atoms with Crippen LogP contribution in [0, 0.1) is 5.92 Å². The van der Waals surface area contributed by atoms with Gasteiger partial charge in [0, 0.05) is 12.1 Å². The third-order valence-corrected chi connectivity index (χ3v) is 3.54. The maximum absolute atomic E-state index is 5.13. The molecule has 1 aromatic heterocycles. The second-order valence-corrected chi connectivity index (χ2v) is 5.02. The van der Waals surface area contributed by atoms with Gasteiger partial charge in [-0.05, 0) is 31.2 Å². The van der Waals surface area contributed by atoms with Crippen molar-refractivity contribution in [2.45, 2.75) is 45.1 Å². The van der Waals surface area contributed by atoms with E-state index in [0.29, 0.717) is 11.9 Å². The molecule has 1 fully saturated rings. The second-order valence-electron chi connectivity index (χ2n) is 5.02. The zero-order chi connectivity index (χ0) is 12.1. The molecule has 0 bridgehead atoms. The molecule has 3 heteroatoms. The fraction of sp³-hybridized carbons (Fsp3) is 0.643. The lowest BCUT2D eigenvalue weighted by Gasteiger charge is -2.17. The zero-order valence-electron chi connectivity index (χ0n) is 10.8. The first-order chi connectivity index (χ1) is 8.28. The molecule has 17 heavy (non-hydrogen) atoms. The van der Waals surface area contributed by atoms with Gasteiger partial charge in [0.15, 0.2) is 0 Å². The number of anilines is 1. The summed E-state index contributed by atoms with van der Waals surface area (Å²) in [7, 11) is 1.65. The Hall–Kier alpha value is -1.25. The predicted octanol–water partition coefficient (Wildman–Crippen LogP) is 3.47. The molecular weight excluding hydrogens is 212 g/mol. The summed E-state index contributed by atoms with van der Waals surface area (Å²) >= 11 is 0. The molecule has 1 saturated carbocycles. The SMILES string of the molecule is COc1cccc(NC2CCCC(C)CC2)n1. The normalized spacial score (nSPS) is 25.1. The Kier molecular flexibility index (Phi) is 4.24. The number of hydrogen-bond acceptors (Lipinski definition) is 3. The largest absolute Gasteiger partial charge is 0.481 e. The summed E-state index contributed by atoms with van der Waals surface area (Å²) in [5, 5.41) is 3.52. The van der Waals surface area contributed by atoms with Crippen LogP contribution in [0.3, 0.4) is 0 Å². The first-order valence-electron chi connectivity index (χ1n) is 6.55. The van der Waals surface area contributed by atoms with E-state index in [1.165, 1.54) is 32.1 Å². The number of aromatic nitrogens is 1. The Labute approximate surface area is 104 Å². The van der Waals surface area contributed by atoms with Crippen LogP contribution in [-0.4, -0.2) is 18.1 Å². The van der Waals surface area contributed by atoms with E-state index in [4.69, 9.17) is 4.74 Å². The minimum Gasteiger partial charge on any atom is -0.481 e. The Morgan fingerprint density at radius 2 is 2.12 bits per heavy atom. The van der Waals surface area contributed by atoms with E-state index in [9.17, 15) is 0 Å². The standard InChI is InChI=1S/C14H22N2O/c1-11-5-3-6-12(10-9-11)15-13-7-4-8-14(16-13)17-2/h4,7-8,11-12H,3,5-6,9-10H2,1-2H3,(H,15,16). The molecule has 2 atom stereocenters. The average molecular weight is 234 g/mol. The summed E-state index contributed by atoms with van der Waals surface area (Å²) in [5.41, 5.74) is 0. The Balaban J connectivity index is 1.94. The number of nitrogens with one attached hydrogen (secondary N) is 1. The van der Waals surface area contributed by atoms with E-state index in [2.05, 4.69) is 17.2 Å². The lowest BCUT2D eigenvalue weighted by atomic mass is 10.0. The highest BCUT2D eigenvalue weighted by atomic mass is 16.5. The van der Waals surface area contributed by atoms with Gasteiger partial charge in [-0.15, -0.1) is 0 Å². The lowest BCUT2D eigenvalue weighted by Crippen LogP contribution is -2.19. The molecule has 0 aromatic carbocycles. The van der Waals surface area contributed by atoms with Crippen molar-refractivity contribution in [2.75, 3.05) is 12.4 Å². The van der Waals surface area contributed by atoms with E-state index < -0.39 is 0 Å². The summed E-state index contributed by atoms with van der Waals surface area (Å²) in [6.07, 6.45) is 6.51. The summed E-state index contributed by atoms with van der Waals surface area (Å²) in [4.78, 5) is 4.40. The Bertz CT molecular complexity index is 354. The van der Waals surface area contributed by atoms with Gasteiger partial charge in [-0.3, -0.25) is 0 Å². The third-order valence-electron chi connectivity index (χ3n) is 3.54. The summed E-state index contributed by atoms with van der Waals surface area (Å²) in [6, 6.07) is 6.43. The molecular formula is C14H22N2O. The predicted molar refractivity (Wildman–Crippen MR) is 70.4 cm³/mol. The molecule has 1 aliphatic rings. The number of rotatable bonds is 3. The van der Waals surface area contributed by atoms with Gasteiger partial charge in [0.2, 0.25) is 5.88 Å². The van der Waals surface area contributed by atoms with Gasteiger partial charge >= 0.3 is 0 Å². The van der Waals surface area contributed by atoms with Crippen LogP contribution in [0.15, 0.2) is 18.2 Å². The monoisotopic (exact) mass is 234 g/mol. The molecule has 0 saturated heterocycles. The van der Waals surface area contributed by atoms with Crippen molar-refractivity contribution in [3.05, 3.63) is 18.2 Å². The minimum absolute atomic E-state index is 0.569. The maximum Gasteiger partial charge on any atom is 0.214 e. The van der Waals surface area contributed by atoms with E-state index in [1.807, 2.05) is 18.2 Å². The van der Waals surface area contributed by atoms with Crippen molar-refractivity contribution in [1.82, 2.24) is 4.98 Å². The molecule has 2 rings (SSSR count). The number of hydrogen-bond donors (Lipinski definition) is 1. The Morgan fingerprint density at radius 3 is 2.94 bits per heavy atom. The van der Waals surface area contributed by atoms with E-state index in [-0.39, 0.29) is 0 Å². The van der Waals surface area contributed by atoms with E-state index in [1.54, 1.807) is 7.11 Å². The zero-order valence-corrected chi connectivity index (χ0v) is 10.8. The van der Waals surface area contributed by atoms with Gasteiger partial charge in [-0.1, -0.05) is 25.8 Å². The average Bonchev–Trinajstić information content (AvgIpc) is 2.55. The molecule has 94 valence electrons. The van der Waals surface area contributed by atoms with Crippen LogP contribution in [0.25, 0.3) is 0 Å². The topological polar surface area (TPSA) is 34.1 Å². The van der Waals surface area contributed by atoms with Crippen molar-refractivity contribution in [3.63, 3.8) is 0 Å². The highest BCUT2D eigenvalue weighted by Gasteiger charge is 2.16. The highest BCUT2D eigenvalue weighted by molar-refractivity contribution is 5.38. The third kappa shape index (κ3) is 3.62. The minimum atomic E-state index is 0.569. The van der Waals surface area contributed by atoms with E-state index in [0.717, 1.165) is 11.7 Å². The van der Waals surface area contributed by atoms with Crippen molar-refractivity contribution in [2.24, 2.45) is 5.92 Å². The summed E-state index contributed by atoms with van der Waals surface area (Å²) in [6.45, 7) is 2.35. The molecule has 0 spiro atoms. The van der Waals surface area contributed by atoms with Gasteiger partial charge in [0.1, 0.15) is 5.82 Å². The first-order valence-corrected chi connectivity index (χ1v) is 6.55. The summed E-state index contributed by atoms with van der Waals surface area (Å²) < 4.78 is 5.13. The number of nitrogens with zero attached hydrogens (tertiary/aromatic N) is 1. The van der Waals surface area contributed by atoms with Crippen molar-refractivity contribution < 1.29 is 4.74 Å². The Morgan fingerprint density at radius 1 is 1.24 bits per heavy atom. The molecule has 1 heterocycles. The quantitative estimate of drug-likeness (QED) is 0.813. The van der Waals surface area contributed by atoms with Crippen molar-refractivity contribution in [3.8, 4) is 5.88 Å². The molecule has 3 nitrogen and oxygen atoms in total. The van der Waals surface area contributed by atoms with E-state index >= 15 is 0 Å². The molecule has 0 aliphatic heterocycles. The number of pyridine rings is 1. The lowest BCUT2D eigenvalue weighted by molar-refractivity contribution is 0.398. The number of methoxy groups -OCH3 is 1. The maximum atomic E-state index is 5.13. The van der Waals surface area contributed by atoms with Crippen LogP contribution in [0.1, 0.15) is 39.0 Å². The van der Waals surface area contributed by atoms with Crippen LogP contribution >= 0.6 is 0 Å². The van der Waals surface area contributed by atoms with Crippen LogP contribution in [0.5, 0.6) is 5.88 Å². The van der Waals surface area contributed by atoms with Crippen LogP contribution in [-0.2, 0) is 0 Å². The molecule has 1 aliphatic carbocycles. The van der Waals surface area contributed by atoms with Crippen LogP contribution in [0.4, 0.5) is 5.82 Å². The second kappa shape index (κ2) is 5.89. The van der Waals surface area contributed by atoms with Crippen LogP contribution in [0.2, 0.25) is 0 Å². The number of ether oxygens (including phenoxy) is 1. The molecule has 0 amide bonds. The molecule has 2 unspecified atom stereocenters. The first kappa shape index (κ1) is 12.2. The molecule has 1 N–H and O–H groups in total. The molecule has 1 aromatic rings. The fourth-order valence-corrected chi connectivity index (χ4v) is 2.45. The fourth-order valence-electron chi connectivity index (χ4n) is 2.45. The van der Waals surface area contributed by atoms with Gasteiger partial charge in [0.25, 0.3) is 0 Å². The molecule has 0 radical (unpaired) electrons. The summed E-state index contributed by atoms with van der Waals surface area (Å²) in [5.74, 6) is 2.49. The van der Waals surface area contributed by atoms with Gasteiger partial charge in [0.05, 0.1) is 7.11 Å². The smallest absolute Gasteiger partial charge is 0.214 e. The van der Waals surface area contributed by atoms with Gasteiger partial charge in [-0.25, -0.2) is 0 Å². The van der Waals surface area contributed by atoms with Crippen LogP contribution < -0.4 is 10.1 Å². The van der Waals surface area contributed by atoms with Gasteiger partial charge < -0.3 is 10.1 Å². The van der Waals surface area contributed by atoms with Crippen molar-refractivity contribution in [1.29, 1.82) is 0 Å². The van der Waals surface area contributed by atoms with Crippen molar-refractivity contribution >= 4 is 5.82 Å². The van der Waals surface area contributed by atoms with Gasteiger partial charge in [-0.2, -0.15) is 4.98 Å². The highest BCUT2D eigenvalue weighted by Crippen LogP contribution is 2.24.